The smallest absolute Gasteiger partial charge is 0.287 e. The van der Waals surface area contributed by atoms with Crippen molar-refractivity contribution in [1.29, 1.82) is 0 Å². The highest BCUT2D eigenvalue weighted by molar-refractivity contribution is 6.00. The van der Waals surface area contributed by atoms with E-state index in [1.165, 1.54) is 12.7 Å². The van der Waals surface area contributed by atoms with Gasteiger partial charge in [0.15, 0.2) is 11.6 Å². The lowest BCUT2D eigenvalue weighted by molar-refractivity contribution is -0.118. The van der Waals surface area contributed by atoms with Crippen LogP contribution in [0.4, 0.5) is 5.69 Å². The summed E-state index contributed by atoms with van der Waals surface area (Å²) in [7, 11) is 0. The molecule has 0 saturated heterocycles. The third-order valence-electron chi connectivity index (χ3n) is 5.48. The lowest BCUT2D eigenvalue weighted by Crippen LogP contribution is -2.47. The van der Waals surface area contributed by atoms with Gasteiger partial charge in [-0.2, -0.15) is 0 Å². The van der Waals surface area contributed by atoms with Crippen LogP contribution in [0, 0.1) is 5.92 Å². The van der Waals surface area contributed by atoms with Crippen molar-refractivity contribution < 1.29 is 14.0 Å². The van der Waals surface area contributed by atoms with Crippen molar-refractivity contribution in [2.45, 2.75) is 52.1 Å². The van der Waals surface area contributed by atoms with Gasteiger partial charge in [0.25, 0.3) is 5.91 Å². The van der Waals surface area contributed by atoms with E-state index in [-0.39, 0.29) is 17.6 Å². The van der Waals surface area contributed by atoms with Crippen LogP contribution in [-0.4, -0.2) is 32.6 Å². The van der Waals surface area contributed by atoms with E-state index in [0.29, 0.717) is 5.69 Å². The summed E-state index contributed by atoms with van der Waals surface area (Å²) in [4.78, 5) is 25.3. The van der Waals surface area contributed by atoms with E-state index in [9.17, 15) is 9.59 Å². The van der Waals surface area contributed by atoms with Gasteiger partial charge in [-0.3, -0.25) is 9.59 Å². The summed E-state index contributed by atoms with van der Waals surface area (Å²) >= 11 is 0. The summed E-state index contributed by atoms with van der Waals surface area (Å²) in [5.41, 5.74) is 1.55. The van der Waals surface area contributed by atoms with Crippen molar-refractivity contribution in [1.82, 2.24) is 20.1 Å². The number of hydrogen-bond acceptors (Lipinski definition) is 5. The van der Waals surface area contributed by atoms with Gasteiger partial charge in [0, 0.05) is 24.2 Å². The first kappa shape index (κ1) is 20.8. The van der Waals surface area contributed by atoms with Gasteiger partial charge < -0.3 is 19.6 Å². The Hall–Kier alpha value is -3.42. The van der Waals surface area contributed by atoms with E-state index in [4.69, 9.17) is 4.42 Å². The minimum absolute atomic E-state index is 0.102. The second kappa shape index (κ2) is 9.16. The van der Waals surface area contributed by atoms with Gasteiger partial charge in [0.2, 0.25) is 5.91 Å². The molecule has 8 heteroatoms. The highest BCUT2D eigenvalue weighted by Gasteiger charge is 2.26. The molecule has 0 fully saturated rings. The Balaban J connectivity index is 1.51. The molecular formula is C23H27N5O3. The van der Waals surface area contributed by atoms with Crippen molar-refractivity contribution in [3.05, 3.63) is 54.2 Å². The minimum atomic E-state index is -0.703. The number of fused-ring (bicyclic) bond motifs is 1. The minimum Gasteiger partial charge on any atom is -0.459 e. The molecule has 8 nitrogen and oxygen atoms in total. The van der Waals surface area contributed by atoms with E-state index in [1.807, 2.05) is 38.1 Å². The summed E-state index contributed by atoms with van der Waals surface area (Å²) in [6, 6.07) is 10.1. The summed E-state index contributed by atoms with van der Waals surface area (Å²) in [6.07, 6.45) is 5.80. The van der Waals surface area contributed by atoms with Gasteiger partial charge in [-0.15, -0.1) is 10.2 Å². The van der Waals surface area contributed by atoms with Crippen molar-refractivity contribution in [3.63, 3.8) is 0 Å². The number of benzene rings is 1. The zero-order chi connectivity index (χ0) is 21.8. The Kier molecular flexibility index (Phi) is 6.16. The molecule has 2 N–H and O–H groups in total. The standard InChI is InChI=1S/C23H27N5O3/c1-15(2)20(25-22(29)18-10-7-13-31-18)23(30)24-17-9-6-8-16(14-17)21-27-26-19-11-4-3-5-12-28(19)21/h6-10,13-15,20H,3-5,11-12H2,1-2H3,(H,24,30)(H,25,29)/t20-/m0/s1. The number of carbonyl (C=O) groups is 2. The summed E-state index contributed by atoms with van der Waals surface area (Å²) in [5.74, 6) is 1.20. The molecule has 31 heavy (non-hydrogen) atoms. The monoisotopic (exact) mass is 421 g/mol. The molecule has 2 amide bonds. The third kappa shape index (κ3) is 4.68. The van der Waals surface area contributed by atoms with Gasteiger partial charge in [-0.25, -0.2) is 0 Å². The molecule has 0 unspecified atom stereocenters. The van der Waals surface area contributed by atoms with Crippen LogP contribution in [0.3, 0.4) is 0 Å². The average Bonchev–Trinajstić information content (AvgIpc) is 3.37. The third-order valence-corrected chi connectivity index (χ3v) is 5.48. The van der Waals surface area contributed by atoms with Crippen LogP contribution < -0.4 is 10.6 Å². The number of rotatable bonds is 6. The Morgan fingerprint density at radius 1 is 1.10 bits per heavy atom. The van der Waals surface area contributed by atoms with E-state index in [0.717, 1.165) is 43.0 Å². The molecule has 162 valence electrons. The van der Waals surface area contributed by atoms with Crippen LogP contribution in [0.25, 0.3) is 11.4 Å². The zero-order valence-corrected chi connectivity index (χ0v) is 17.8. The second-order valence-electron chi connectivity index (χ2n) is 8.14. The highest BCUT2D eigenvalue weighted by atomic mass is 16.3. The van der Waals surface area contributed by atoms with Gasteiger partial charge >= 0.3 is 0 Å². The van der Waals surface area contributed by atoms with Crippen LogP contribution in [0.2, 0.25) is 0 Å². The molecule has 0 radical (unpaired) electrons. The SMILES string of the molecule is CC(C)[C@H](NC(=O)c1ccco1)C(=O)Nc1cccc(-c2nnc3n2CCCCC3)c1. The molecule has 0 aliphatic carbocycles. The number of nitrogens with one attached hydrogen (secondary N) is 2. The lowest BCUT2D eigenvalue weighted by atomic mass is 10.0. The van der Waals surface area contributed by atoms with Gasteiger partial charge in [-0.05, 0) is 43.0 Å². The Morgan fingerprint density at radius 2 is 1.97 bits per heavy atom. The molecule has 2 aromatic heterocycles. The lowest BCUT2D eigenvalue weighted by Gasteiger charge is -2.21. The number of aromatic nitrogens is 3. The predicted molar refractivity (Wildman–Crippen MR) is 116 cm³/mol. The van der Waals surface area contributed by atoms with E-state index in [2.05, 4.69) is 25.4 Å². The highest BCUT2D eigenvalue weighted by Crippen LogP contribution is 2.25. The van der Waals surface area contributed by atoms with E-state index >= 15 is 0 Å². The molecule has 3 aromatic rings. The molecule has 1 aliphatic rings. The first-order valence-corrected chi connectivity index (χ1v) is 10.7. The molecular weight excluding hydrogens is 394 g/mol. The van der Waals surface area contributed by atoms with Gasteiger partial charge in [0.05, 0.1) is 6.26 Å². The Labute approximate surface area is 181 Å². The fourth-order valence-corrected chi connectivity index (χ4v) is 3.81. The van der Waals surface area contributed by atoms with Crippen molar-refractivity contribution in [2.75, 3.05) is 5.32 Å². The van der Waals surface area contributed by atoms with Crippen LogP contribution in [0.5, 0.6) is 0 Å². The number of amides is 2. The summed E-state index contributed by atoms with van der Waals surface area (Å²) in [5, 5.41) is 14.4. The Morgan fingerprint density at radius 3 is 2.74 bits per heavy atom. The maximum absolute atomic E-state index is 12.9. The normalized spacial score (nSPS) is 14.5. The first-order valence-electron chi connectivity index (χ1n) is 10.7. The van der Waals surface area contributed by atoms with E-state index < -0.39 is 11.9 Å². The molecule has 1 aromatic carbocycles. The van der Waals surface area contributed by atoms with Gasteiger partial charge in [-0.1, -0.05) is 32.4 Å². The molecule has 0 bridgehead atoms. The molecule has 4 rings (SSSR count). The quantitative estimate of drug-likeness (QED) is 0.632. The number of carbonyl (C=O) groups excluding carboxylic acids is 2. The Bertz CT molecular complexity index is 1060. The van der Waals surface area contributed by atoms with Gasteiger partial charge in [0.1, 0.15) is 11.9 Å². The van der Waals surface area contributed by atoms with Crippen LogP contribution >= 0.6 is 0 Å². The maximum Gasteiger partial charge on any atom is 0.287 e. The summed E-state index contributed by atoms with van der Waals surface area (Å²) in [6.45, 7) is 4.67. The molecule has 1 atom stereocenters. The van der Waals surface area contributed by atoms with Crippen molar-refractivity contribution in [3.8, 4) is 11.4 Å². The number of anilines is 1. The molecule has 1 aliphatic heterocycles. The van der Waals surface area contributed by atoms with Crippen LogP contribution in [0.15, 0.2) is 47.1 Å². The van der Waals surface area contributed by atoms with Crippen LogP contribution in [-0.2, 0) is 17.8 Å². The van der Waals surface area contributed by atoms with Crippen molar-refractivity contribution >= 4 is 17.5 Å². The molecule has 0 saturated carbocycles. The van der Waals surface area contributed by atoms with E-state index in [1.54, 1.807) is 12.1 Å². The number of aryl methyl sites for hydroxylation is 1. The molecule has 3 heterocycles. The van der Waals surface area contributed by atoms with Crippen LogP contribution in [0.1, 0.15) is 49.5 Å². The number of furan rings is 1. The zero-order valence-electron chi connectivity index (χ0n) is 17.8. The van der Waals surface area contributed by atoms with Crippen molar-refractivity contribution in [2.24, 2.45) is 5.92 Å². The molecule has 0 spiro atoms. The second-order valence-corrected chi connectivity index (χ2v) is 8.14. The predicted octanol–water partition coefficient (Wildman–Crippen LogP) is 3.66. The topological polar surface area (TPSA) is 102 Å². The number of nitrogens with zero attached hydrogens (tertiary/aromatic N) is 3. The largest absolute Gasteiger partial charge is 0.459 e. The maximum atomic E-state index is 12.9. The fraction of sp³-hybridized carbons (Fsp3) is 0.391. The first-order chi connectivity index (χ1) is 15.0. The summed E-state index contributed by atoms with van der Waals surface area (Å²) < 4.78 is 7.30. The fourth-order valence-electron chi connectivity index (χ4n) is 3.81. The average molecular weight is 422 g/mol. The number of hydrogen-bond donors (Lipinski definition) is 2.